The molecule has 1 amide bonds. The van der Waals surface area contributed by atoms with Gasteiger partial charge in [0.1, 0.15) is 12.7 Å². The number of carbonyl (C=O) groups excluding carboxylic acids is 1. The van der Waals surface area contributed by atoms with E-state index < -0.39 is 30.6 Å². The van der Waals surface area contributed by atoms with Crippen LogP contribution in [0.15, 0.2) is 0 Å². The number of amides is 1. The summed E-state index contributed by atoms with van der Waals surface area (Å²) in [7, 11) is 0. The summed E-state index contributed by atoms with van der Waals surface area (Å²) < 4.78 is 2.21. The lowest BCUT2D eigenvalue weighted by Crippen LogP contribution is -2.59. The Morgan fingerprint density at radius 1 is 1.47 bits per heavy atom. The molecule has 0 aromatic rings. The summed E-state index contributed by atoms with van der Waals surface area (Å²) in [5, 5.41) is 30.7. The zero-order chi connectivity index (χ0) is 11.2. The standard InChI is InChI=1S/C8H13NO6/c1-3(11)9-5-7(13)6(12)4(2-10)15-8(5)14-15/h4-8,10,12-13H,2H2,1H3/p+1/t4-,5-,6+,7-,8-/m1/s1. The highest BCUT2D eigenvalue weighted by atomic mass is 17.5. The third-order valence-electron chi connectivity index (χ3n) is 2.64. The van der Waals surface area contributed by atoms with E-state index in [9.17, 15) is 15.0 Å². The molecule has 2 heterocycles. The van der Waals surface area contributed by atoms with Gasteiger partial charge >= 0.3 is 6.29 Å². The lowest BCUT2D eigenvalue weighted by Gasteiger charge is -2.28. The van der Waals surface area contributed by atoms with Crippen LogP contribution in [0.3, 0.4) is 0 Å². The second kappa shape index (κ2) is 3.69. The van der Waals surface area contributed by atoms with Crippen molar-refractivity contribution in [2.75, 3.05) is 6.61 Å². The summed E-state index contributed by atoms with van der Waals surface area (Å²) >= 11 is 0. The van der Waals surface area contributed by atoms with E-state index in [1.54, 1.807) is 0 Å². The van der Waals surface area contributed by atoms with Crippen molar-refractivity contribution in [3.05, 3.63) is 0 Å². The highest BCUT2D eigenvalue weighted by Gasteiger charge is 2.69. The first-order valence-electron chi connectivity index (χ1n) is 4.69. The SMILES string of the molecule is CC(=O)N[C@@H]1[C@@H](O)[C@@H](O)[C@@H](CO)[O+]2O[C@@H]12. The third-order valence-corrected chi connectivity index (χ3v) is 2.64. The van der Waals surface area contributed by atoms with Gasteiger partial charge in [0.05, 0.1) is 0 Å². The second-order valence-electron chi connectivity index (χ2n) is 3.72. The van der Waals surface area contributed by atoms with Crippen molar-refractivity contribution in [2.24, 2.45) is 0 Å². The van der Waals surface area contributed by atoms with E-state index in [4.69, 9.17) is 9.99 Å². The number of rotatable bonds is 2. The van der Waals surface area contributed by atoms with E-state index in [0.717, 1.165) is 0 Å². The van der Waals surface area contributed by atoms with Gasteiger partial charge in [0.25, 0.3) is 0 Å². The summed E-state index contributed by atoms with van der Waals surface area (Å²) in [6.07, 6.45) is -3.57. The molecule has 5 atom stereocenters. The molecular formula is C8H14NO6+. The number of fused-ring (bicyclic) bond motifs is 1. The molecule has 0 aromatic heterocycles. The van der Waals surface area contributed by atoms with Gasteiger partial charge in [0.15, 0.2) is 12.1 Å². The fourth-order valence-electron chi connectivity index (χ4n) is 1.84. The van der Waals surface area contributed by atoms with E-state index >= 15 is 0 Å². The summed E-state index contributed by atoms with van der Waals surface area (Å²) in [5.41, 5.74) is 0. The predicted molar refractivity (Wildman–Crippen MR) is 46.5 cm³/mol. The zero-order valence-corrected chi connectivity index (χ0v) is 8.16. The monoisotopic (exact) mass is 220 g/mol. The summed E-state index contributed by atoms with van der Waals surface area (Å²) in [6.45, 7) is 0.973. The van der Waals surface area contributed by atoms with Gasteiger partial charge in [0.2, 0.25) is 12.0 Å². The Hall–Kier alpha value is -0.730. The number of hydrogen-bond acceptors (Lipinski definition) is 5. The minimum absolute atomic E-state index is 0.315. The molecule has 2 rings (SSSR count). The van der Waals surface area contributed by atoms with Gasteiger partial charge in [-0.15, -0.1) is 0 Å². The maximum atomic E-state index is 10.8. The number of nitrogens with one attached hydrogen (secondary N) is 1. The molecule has 7 heteroatoms. The largest absolute Gasteiger partial charge is 0.393 e. The molecule has 4 N–H and O–H groups in total. The van der Waals surface area contributed by atoms with Crippen molar-refractivity contribution in [1.29, 1.82) is 0 Å². The Kier molecular flexibility index (Phi) is 2.65. The van der Waals surface area contributed by atoms with Crippen LogP contribution in [0, 0.1) is 0 Å². The molecule has 0 radical (unpaired) electrons. The van der Waals surface area contributed by atoms with Crippen LogP contribution in [0.5, 0.6) is 0 Å². The Balaban J connectivity index is 2.08. The van der Waals surface area contributed by atoms with Gasteiger partial charge in [0, 0.05) is 6.92 Å². The molecule has 2 fully saturated rings. The van der Waals surface area contributed by atoms with Crippen LogP contribution in [0.25, 0.3) is 0 Å². The molecule has 0 aromatic carbocycles. The van der Waals surface area contributed by atoms with Crippen molar-refractivity contribution < 1.29 is 29.5 Å². The molecule has 0 bridgehead atoms. The Labute approximate surface area is 85.9 Å². The molecule has 86 valence electrons. The third kappa shape index (κ3) is 1.72. The molecule has 7 nitrogen and oxygen atoms in total. The maximum Gasteiger partial charge on any atom is 0.393 e. The fraction of sp³-hybridized carbons (Fsp3) is 0.875. The van der Waals surface area contributed by atoms with Crippen LogP contribution in [-0.2, 0) is 14.2 Å². The van der Waals surface area contributed by atoms with Crippen LogP contribution in [-0.4, -0.2) is 58.5 Å². The quantitative estimate of drug-likeness (QED) is 0.232. The number of aliphatic hydroxyl groups is 3. The van der Waals surface area contributed by atoms with Crippen molar-refractivity contribution in [3.63, 3.8) is 0 Å². The highest BCUT2D eigenvalue weighted by Crippen LogP contribution is 2.41. The van der Waals surface area contributed by atoms with Crippen LogP contribution >= 0.6 is 0 Å². The van der Waals surface area contributed by atoms with Crippen molar-refractivity contribution in [1.82, 2.24) is 5.32 Å². The summed E-state index contributed by atoms with van der Waals surface area (Å²) in [5.74, 6) is -0.315. The van der Waals surface area contributed by atoms with Gasteiger partial charge in [-0.1, -0.05) is 0 Å². The van der Waals surface area contributed by atoms with Gasteiger partial charge in [-0.05, 0) is 4.89 Å². The van der Waals surface area contributed by atoms with E-state index in [1.807, 2.05) is 0 Å². The molecule has 0 unspecified atom stereocenters. The first kappa shape index (κ1) is 10.8. The Morgan fingerprint density at radius 2 is 2.13 bits per heavy atom. The van der Waals surface area contributed by atoms with Crippen molar-refractivity contribution in [2.45, 2.75) is 37.6 Å². The van der Waals surface area contributed by atoms with E-state index in [0.29, 0.717) is 0 Å². The van der Waals surface area contributed by atoms with Gasteiger partial charge in [-0.25, -0.2) is 0 Å². The van der Waals surface area contributed by atoms with Crippen LogP contribution in [0.2, 0.25) is 0 Å². The summed E-state index contributed by atoms with van der Waals surface area (Å²) in [6, 6.07) is -0.690. The Morgan fingerprint density at radius 3 is 2.67 bits per heavy atom. The lowest BCUT2D eigenvalue weighted by molar-refractivity contribution is -0.265. The van der Waals surface area contributed by atoms with Crippen molar-refractivity contribution >= 4 is 5.91 Å². The average molecular weight is 220 g/mol. The van der Waals surface area contributed by atoms with E-state index in [-0.39, 0.29) is 12.5 Å². The number of hydrogen-bond donors (Lipinski definition) is 4. The second-order valence-corrected chi connectivity index (χ2v) is 3.72. The van der Waals surface area contributed by atoms with Crippen LogP contribution in [0.1, 0.15) is 6.92 Å². The normalized spacial score (nSPS) is 44.7. The topological polar surface area (TPSA) is 105 Å². The highest BCUT2D eigenvalue weighted by molar-refractivity contribution is 5.73. The van der Waals surface area contributed by atoms with Crippen molar-refractivity contribution in [3.8, 4) is 0 Å². The van der Waals surface area contributed by atoms with E-state index in [2.05, 4.69) is 9.83 Å². The van der Waals surface area contributed by atoms with Gasteiger partial charge < -0.3 is 20.6 Å². The number of aliphatic hydroxyl groups excluding tert-OH is 3. The Bertz CT molecular complexity index is 272. The molecule has 0 aliphatic carbocycles. The van der Waals surface area contributed by atoms with Crippen LogP contribution in [0.4, 0.5) is 0 Å². The average Bonchev–Trinajstić information content (AvgIpc) is 2.92. The van der Waals surface area contributed by atoms with Gasteiger partial charge in [-0.2, -0.15) is 4.52 Å². The zero-order valence-electron chi connectivity index (χ0n) is 8.16. The minimum Gasteiger partial charge on any atom is -0.388 e. The molecule has 2 saturated heterocycles. The predicted octanol–water partition coefficient (Wildman–Crippen LogP) is -2.59. The minimum atomic E-state index is -1.17. The molecule has 0 saturated carbocycles. The molecular weight excluding hydrogens is 206 g/mol. The fourth-order valence-corrected chi connectivity index (χ4v) is 1.84. The summed E-state index contributed by atoms with van der Waals surface area (Å²) in [4.78, 5) is 15.8. The first-order chi connectivity index (χ1) is 7.06. The smallest absolute Gasteiger partial charge is 0.388 e. The van der Waals surface area contributed by atoms with E-state index in [1.165, 1.54) is 6.92 Å². The molecule has 0 spiro atoms. The number of carbonyl (C=O) groups is 1. The first-order valence-corrected chi connectivity index (χ1v) is 4.69. The maximum absolute atomic E-state index is 10.8. The van der Waals surface area contributed by atoms with Crippen LogP contribution < -0.4 is 5.32 Å². The lowest BCUT2D eigenvalue weighted by atomic mass is 9.98. The molecule has 15 heavy (non-hydrogen) atoms. The molecule has 2 aliphatic heterocycles. The van der Waals surface area contributed by atoms with Gasteiger partial charge in [-0.3, -0.25) is 4.79 Å². The molecule has 2 aliphatic rings.